The van der Waals surface area contributed by atoms with Gasteiger partial charge in [-0.3, -0.25) is 0 Å². The number of aromatic nitrogens is 1. The summed E-state index contributed by atoms with van der Waals surface area (Å²) < 4.78 is 16.7. The van der Waals surface area contributed by atoms with Crippen LogP contribution in [-0.4, -0.2) is 25.3 Å². The molecular weight excluding hydrogens is 361 g/mol. The Morgan fingerprint density at radius 1 is 1.20 bits per heavy atom. The molecule has 1 aromatic heterocycles. The first-order valence-corrected chi connectivity index (χ1v) is 8.63. The van der Waals surface area contributed by atoms with Gasteiger partial charge in [0.1, 0.15) is 16.5 Å². The predicted molar refractivity (Wildman–Crippen MR) is 101 cm³/mol. The number of ether oxygens (including phenoxy) is 3. The van der Waals surface area contributed by atoms with Crippen LogP contribution in [0, 0.1) is 0 Å². The Labute approximate surface area is 158 Å². The summed E-state index contributed by atoms with van der Waals surface area (Å²) in [4.78, 5) is 4.14. The lowest BCUT2D eigenvalue weighted by atomic mass is 10.1. The van der Waals surface area contributed by atoms with Crippen molar-refractivity contribution in [3.05, 3.63) is 58.2 Å². The summed E-state index contributed by atoms with van der Waals surface area (Å²) in [7, 11) is 1.67. The van der Waals surface area contributed by atoms with Crippen LogP contribution in [0.3, 0.4) is 0 Å². The highest BCUT2D eigenvalue weighted by Gasteiger charge is 2.12. The number of nitrogens with zero attached hydrogens (tertiary/aromatic N) is 1. The molecule has 0 fully saturated rings. The van der Waals surface area contributed by atoms with Gasteiger partial charge in [-0.2, -0.15) is 0 Å². The zero-order valence-corrected chi connectivity index (χ0v) is 15.9. The lowest BCUT2D eigenvalue weighted by Gasteiger charge is -2.14. The van der Waals surface area contributed by atoms with E-state index in [1.54, 1.807) is 13.2 Å². The molecule has 0 aliphatic carbocycles. The molecule has 0 atom stereocenters. The summed E-state index contributed by atoms with van der Waals surface area (Å²) in [6.45, 7) is 7.14. The van der Waals surface area contributed by atoms with Gasteiger partial charge in [0, 0.05) is 32.4 Å². The SMILES string of the molecule is C=C(C)Cc1ccc(OCCCOC)cc1Oc1ncc(Cl)cc1Cl. The van der Waals surface area contributed by atoms with Gasteiger partial charge in [-0.25, -0.2) is 4.98 Å². The molecule has 0 saturated heterocycles. The average Bonchev–Trinajstić information content (AvgIpc) is 2.56. The second-order valence-corrected chi connectivity index (χ2v) is 6.48. The Balaban J connectivity index is 2.22. The number of benzene rings is 1. The topological polar surface area (TPSA) is 40.6 Å². The standard InChI is InChI=1S/C19H21Cl2NO3/c1-13(2)9-14-5-6-16(24-8-4-7-23-3)11-18(14)25-19-17(21)10-15(20)12-22-19/h5-6,10-12H,1,4,7-9H2,2-3H3. The summed E-state index contributed by atoms with van der Waals surface area (Å²) in [5.74, 6) is 1.64. The fourth-order valence-electron chi connectivity index (χ4n) is 2.17. The third-order valence-corrected chi connectivity index (χ3v) is 3.75. The first kappa shape index (κ1) is 19.6. The minimum atomic E-state index is 0.297. The number of allylic oxidation sites excluding steroid dienone is 1. The van der Waals surface area contributed by atoms with Crippen LogP contribution in [0.4, 0.5) is 0 Å². The minimum absolute atomic E-state index is 0.297. The third kappa shape index (κ3) is 6.24. The molecule has 0 N–H and O–H groups in total. The maximum Gasteiger partial charge on any atom is 0.238 e. The number of hydrogen-bond acceptors (Lipinski definition) is 4. The van der Waals surface area contributed by atoms with Crippen molar-refractivity contribution in [1.29, 1.82) is 0 Å². The molecule has 1 heterocycles. The highest BCUT2D eigenvalue weighted by atomic mass is 35.5. The van der Waals surface area contributed by atoms with Crippen LogP contribution >= 0.6 is 23.2 Å². The van der Waals surface area contributed by atoms with E-state index in [-0.39, 0.29) is 0 Å². The van der Waals surface area contributed by atoms with Gasteiger partial charge in [-0.1, -0.05) is 41.4 Å². The maximum atomic E-state index is 6.16. The molecule has 0 aliphatic heterocycles. The van der Waals surface area contributed by atoms with Gasteiger partial charge in [-0.05, 0) is 31.0 Å². The van der Waals surface area contributed by atoms with Gasteiger partial charge in [0.05, 0.1) is 11.6 Å². The predicted octanol–water partition coefficient (Wildman–Crippen LogP) is 5.71. The Bertz CT molecular complexity index is 735. The Morgan fingerprint density at radius 3 is 2.68 bits per heavy atom. The highest BCUT2D eigenvalue weighted by Crippen LogP contribution is 2.34. The lowest BCUT2D eigenvalue weighted by molar-refractivity contribution is 0.172. The van der Waals surface area contributed by atoms with Crippen LogP contribution in [0.5, 0.6) is 17.4 Å². The van der Waals surface area contributed by atoms with Gasteiger partial charge in [-0.15, -0.1) is 0 Å². The summed E-state index contributed by atoms with van der Waals surface area (Å²) in [6.07, 6.45) is 2.99. The Hall–Kier alpha value is -1.75. The molecule has 2 rings (SSSR count). The van der Waals surface area contributed by atoms with Crippen LogP contribution in [0.1, 0.15) is 18.9 Å². The van der Waals surface area contributed by atoms with Crippen LogP contribution < -0.4 is 9.47 Å². The van der Waals surface area contributed by atoms with Gasteiger partial charge in [0.25, 0.3) is 0 Å². The van der Waals surface area contributed by atoms with Crippen LogP contribution in [-0.2, 0) is 11.2 Å². The monoisotopic (exact) mass is 381 g/mol. The summed E-state index contributed by atoms with van der Waals surface area (Å²) in [5, 5.41) is 0.801. The fraction of sp³-hybridized carbons (Fsp3) is 0.316. The number of hydrogen-bond donors (Lipinski definition) is 0. The van der Waals surface area contributed by atoms with Crippen LogP contribution in [0.2, 0.25) is 10.0 Å². The van der Waals surface area contributed by atoms with E-state index in [4.69, 9.17) is 37.4 Å². The Morgan fingerprint density at radius 2 is 2.00 bits per heavy atom. The maximum absolute atomic E-state index is 6.16. The molecule has 0 saturated carbocycles. The molecule has 25 heavy (non-hydrogen) atoms. The zero-order valence-electron chi connectivity index (χ0n) is 14.4. The number of pyridine rings is 1. The molecule has 0 unspecified atom stereocenters. The van der Waals surface area contributed by atoms with Crippen molar-refractivity contribution in [1.82, 2.24) is 4.98 Å². The first-order chi connectivity index (χ1) is 12.0. The third-order valence-electron chi connectivity index (χ3n) is 3.27. The summed E-state index contributed by atoms with van der Waals surface area (Å²) in [6, 6.07) is 7.29. The van der Waals surface area contributed by atoms with E-state index in [0.29, 0.717) is 47.1 Å². The van der Waals surface area contributed by atoms with E-state index < -0.39 is 0 Å². The number of halogens is 2. The van der Waals surface area contributed by atoms with Gasteiger partial charge in [0.15, 0.2) is 0 Å². The molecule has 1 aromatic carbocycles. The molecule has 0 bridgehead atoms. The van der Waals surface area contributed by atoms with Crippen LogP contribution in [0.25, 0.3) is 0 Å². The molecule has 4 nitrogen and oxygen atoms in total. The second-order valence-electron chi connectivity index (χ2n) is 5.64. The van der Waals surface area contributed by atoms with Crippen molar-refractivity contribution in [2.45, 2.75) is 19.8 Å². The Kier molecular flexibility index (Phi) is 7.56. The van der Waals surface area contributed by atoms with Gasteiger partial charge in [0.2, 0.25) is 5.88 Å². The average molecular weight is 382 g/mol. The summed E-state index contributed by atoms with van der Waals surface area (Å²) >= 11 is 12.0. The molecule has 2 aromatic rings. The largest absolute Gasteiger partial charge is 0.493 e. The smallest absolute Gasteiger partial charge is 0.238 e. The quantitative estimate of drug-likeness (QED) is 0.411. The molecule has 0 aliphatic rings. The van der Waals surface area contributed by atoms with Crippen molar-refractivity contribution in [3.63, 3.8) is 0 Å². The van der Waals surface area contributed by atoms with E-state index in [9.17, 15) is 0 Å². The van der Waals surface area contributed by atoms with Crippen LogP contribution in [0.15, 0.2) is 42.6 Å². The lowest BCUT2D eigenvalue weighted by Crippen LogP contribution is -2.02. The first-order valence-electron chi connectivity index (χ1n) is 7.87. The van der Waals surface area contributed by atoms with Crippen molar-refractivity contribution in [2.24, 2.45) is 0 Å². The van der Waals surface area contributed by atoms with Crippen molar-refractivity contribution in [2.75, 3.05) is 20.3 Å². The normalized spacial score (nSPS) is 10.6. The van der Waals surface area contributed by atoms with Crippen molar-refractivity contribution in [3.8, 4) is 17.4 Å². The number of methoxy groups -OCH3 is 1. The fourth-order valence-corrected chi connectivity index (χ4v) is 2.58. The van der Waals surface area contributed by atoms with E-state index in [1.165, 1.54) is 6.20 Å². The van der Waals surface area contributed by atoms with Crippen molar-refractivity contribution < 1.29 is 14.2 Å². The minimum Gasteiger partial charge on any atom is -0.493 e. The highest BCUT2D eigenvalue weighted by molar-refractivity contribution is 6.35. The van der Waals surface area contributed by atoms with E-state index in [0.717, 1.165) is 17.6 Å². The molecule has 0 amide bonds. The number of rotatable bonds is 9. The molecule has 0 radical (unpaired) electrons. The van der Waals surface area contributed by atoms with Gasteiger partial charge >= 0.3 is 0 Å². The van der Waals surface area contributed by atoms with E-state index >= 15 is 0 Å². The summed E-state index contributed by atoms with van der Waals surface area (Å²) in [5.41, 5.74) is 2.00. The van der Waals surface area contributed by atoms with Gasteiger partial charge < -0.3 is 14.2 Å². The van der Waals surface area contributed by atoms with E-state index in [2.05, 4.69) is 11.6 Å². The molecule has 0 spiro atoms. The molecular formula is C19H21Cl2NO3. The van der Waals surface area contributed by atoms with Crippen molar-refractivity contribution >= 4 is 23.2 Å². The van der Waals surface area contributed by atoms with E-state index in [1.807, 2.05) is 25.1 Å². The molecule has 6 heteroatoms. The zero-order chi connectivity index (χ0) is 18.2. The second kappa shape index (κ2) is 9.66. The molecule has 134 valence electrons.